The van der Waals surface area contributed by atoms with Crippen LogP contribution in [-0.4, -0.2) is 18.6 Å². The molecule has 0 saturated carbocycles. The molecule has 2 N–H and O–H groups in total. The molecule has 0 amide bonds. The summed E-state index contributed by atoms with van der Waals surface area (Å²) in [6.45, 7) is 9.74. The van der Waals surface area contributed by atoms with Gasteiger partial charge in [0.1, 0.15) is 9.90 Å². The van der Waals surface area contributed by atoms with Crippen molar-refractivity contribution in [3.05, 3.63) is 52.2 Å². The number of thiophene rings is 1. The van der Waals surface area contributed by atoms with Crippen molar-refractivity contribution in [2.75, 3.05) is 4.72 Å². The molecule has 3 rings (SSSR count). The average molecular weight is 376 g/mol. The van der Waals surface area contributed by atoms with E-state index in [1.165, 1.54) is 11.3 Å². The normalized spacial score (nSPS) is 11.7. The molecule has 7 heteroatoms. The summed E-state index contributed by atoms with van der Waals surface area (Å²) in [7, 11) is -3.63. The summed E-state index contributed by atoms with van der Waals surface area (Å²) in [6, 6.07) is 7.38. The number of nitrogens with zero attached hydrogens (tertiary/aromatic N) is 1. The van der Waals surface area contributed by atoms with Gasteiger partial charge in [0.15, 0.2) is 0 Å². The zero-order valence-electron chi connectivity index (χ0n) is 14.9. The van der Waals surface area contributed by atoms with Crippen molar-refractivity contribution in [1.29, 1.82) is 0 Å². The van der Waals surface area contributed by atoms with E-state index < -0.39 is 10.0 Å². The summed E-state index contributed by atoms with van der Waals surface area (Å²) in [5.41, 5.74) is 6.40. The van der Waals surface area contributed by atoms with Gasteiger partial charge in [0.05, 0.1) is 10.6 Å². The number of rotatable bonds is 4. The number of nitrogens with one attached hydrogen (secondary N) is 2. The number of benzene rings is 1. The lowest BCUT2D eigenvalue weighted by Gasteiger charge is -2.13. The molecular weight excluding hydrogens is 354 g/mol. The summed E-state index contributed by atoms with van der Waals surface area (Å²) in [6.07, 6.45) is 0. The molecule has 0 aliphatic rings. The van der Waals surface area contributed by atoms with Crippen LogP contribution in [0.2, 0.25) is 0 Å². The first-order valence-electron chi connectivity index (χ1n) is 7.91. The average Bonchev–Trinajstić information content (AvgIpc) is 3.12. The van der Waals surface area contributed by atoms with Gasteiger partial charge in [-0.15, -0.1) is 11.3 Å². The lowest BCUT2D eigenvalue weighted by Crippen LogP contribution is -2.13. The second kappa shape index (κ2) is 6.31. The Bertz CT molecular complexity index is 1020. The van der Waals surface area contributed by atoms with Crippen molar-refractivity contribution >= 4 is 27.0 Å². The molecule has 0 fully saturated rings. The van der Waals surface area contributed by atoms with Gasteiger partial charge in [-0.3, -0.25) is 9.82 Å². The van der Waals surface area contributed by atoms with E-state index in [1.54, 1.807) is 12.1 Å². The third-order valence-electron chi connectivity index (χ3n) is 4.25. The van der Waals surface area contributed by atoms with E-state index in [9.17, 15) is 8.42 Å². The number of hydrogen-bond acceptors (Lipinski definition) is 4. The highest BCUT2D eigenvalue weighted by molar-refractivity contribution is 7.94. The maximum Gasteiger partial charge on any atom is 0.271 e. The molecule has 2 heterocycles. The number of aromatic amines is 1. The third kappa shape index (κ3) is 3.34. The fourth-order valence-electron chi connectivity index (χ4n) is 2.84. The zero-order valence-corrected chi connectivity index (χ0v) is 16.5. The molecule has 5 nitrogen and oxygen atoms in total. The topological polar surface area (TPSA) is 74.8 Å². The first-order valence-corrected chi connectivity index (χ1v) is 10.2. The first kappa shape index (κ1) is 17.7. The van der Waals surface area contributed by atoms with Gasteiger partial charge < -0.3 is 0 Å². The summed E-state index contributed by atoms with van der Waals surface area (Å²) >= 11 is 1.22. The van der Waals surface area contributed by atoms with Crippen LogP contribution in [0, 0.1) is 34.6 Å². The van der Waals surface area contributed by atoms with Gasteiger partial charge in [-0.1, -0.05) is 17.7 Å². The molecule has 0 spiro atoms. The van der Waals surface area contributed by atoms with Crippen molar-refractivity contribution in [2.45, 2.75) is 38.8 Å². The van der Waals surface area contributed by atoms with Crippen LogP contribution in [0.4, 0.5) is 5.69 Å². The molecule has 0 aliphatic heterocycles. The molecule has 0 bridgehead atoms. The van der Waals surface area contributed by atoms with E-state index in [2.05, 4.69) is 14.9 Å². The molecule has 3 aromatic rings. The number of hydrogen-bond donors (Lipinski definition) is 2. The monoisotopic (exact) mass is 375 g/mol. The van der Waals surface area contributed by atoms with Crippen molar-refractivity contribution in [3.8, 4) is 10.6 Å². The summed E-state index contributed by atoms with van der Waals surface area (Å²) in [5, 5.41) is 7.21. The predicted octanol–water partition coefficient (Wildman–Crippen LogP) is 4.48. The Morgan fingerprint density at radius 2 is 1.68 bits per heavy atom. The molecule has 0 aliphatic carbocycles. The molecule has 2 aromatic heterocycles. The van der Waals surface area contributed by atoms with Crippen LogP contribution < -0.4 is 4.72 Å². The van der Waals surface area contributed by atoms with Crippen LogP contribution >= 0.6 is 11.3 Å². The maximum absolute atomic E-state index is 12.8. The van der Waals surface area contributed by atoms with Crippen molar-refractivity contribution in [2.24, 2.45) is 0 Å². The third-order valence-corrected chi connectivity index (χ3v) is 7.18. The van der Waals surface area contributed by atoms with Crippen LogP contribution in [0.1, 0.15) is 27.9 Å². The van der Waals surface area contributed by atoms with Crippen molar-refractivity contribution < 1.29 is 8.42 Å². The van der Waals surface area contributed by atoms with E-state index in [-0.39, 0.29) is 4.21 Å². The van der Waals surface area contributed by atoms with Crippen LogP contribution in [0.5, 0.6) is 0 Å². The Morgan fingerprint density at radius 1 is 1.04 bits per heavy atom. The van der Waals surface area contributed by atoms with Gasteiger partial charge in [0.25, 0.3) is 10.0 Å². The maximum atomic E-state index is 12.8. The van der Waals surface area contributed by atoms with Crippen LogP contribution in [0.25, 0.3) is 10.6 Å². The molecule has 0 unspecified atom stereocenters. The predicted molar refractivity (Wildman–Crippen MR) is 103 cm³/mol. The van der Waals surface area contributed by atoms with E-state index in [1.807, 2.05) is 46.8 Å². The van der Waals surface area contributed by atoms with Crippen molar-refractivity contribution in [3.63, 3.8) is 0 Å². The van der Waals surface area contributed by atoms with Crippen LogP contribution in [-0.2, 0) is 10.0 Å². The SMILES string of the molecule is Cc1cc(C)c(NS(=O)(=O)c2ccc(-c3n[nH]c(C)c3C)s2)c(C)c1. The molecule has 1 aromatic carbocycles. The van der Waals surface area contributed by atoms with E-state index >= 15 is 0 Å². The molecular formula is C18H21N3O2S2. The lowest BCUT2D eigenvalue weighted by atomic mass is 10.1. The Balaban J connectivity index is 1.96. The zero-order chi connectivity index (χ0) is 18.4. The van der Waals surface area contributed by atoms with E-state index in [4.69, 9.17) is 0 Å². The number of aromatic nitrogens is 2. The first-order chi connectivity index (χ1) is 11.7. The van der Waals surface area contributed by atoms with Gasteiger partial charge in [-0.25, -0.2) is 8.42 Å². The Morgan fingerprint density at radius 3 is 2.24 bits per heavy atom. The number of aryl methyl sites for hydroxylation is 4. The quantitative estimate of drug-likeness (QED) is 0.706. The molecule has 132 valence electrons. The highest BCUT2D eigenvalue weighted by Crippen LogP contribution is 2.34. The fourth-order valence-corrected chi connectivity index (χ4v) is 5.40. The second-order valence-corrected chi connectivity index (χ2v) is 9.31. The molecule has 0 saturated heterocycles. The number of H-pyrrole nitrogens is 1. The Labute approximate surface area is 152 Å². The summed E-state index contributed by atoms with van der Waals surface area (Å²) < 4.78 is 28.6. The van der Waals surface area contributed by atoms with Crippen LogP contribution in [0.3, 0.4) is 0 Å². The molecule has 25 heavy (non-hydrogen) atoms. The highest BCUT2D eigenvalue weighted by Gasteiger charge is 2.21. The Kier molecular flexibility index (Phi) is 4.47. The lowest BCUT2D eigenvalue weighted by molar-refractivity contribution is 0.603. The highest BCUT2D eigenvalue weighted by atomic mass is 32.2. The van der Waals surface area contributed by atoms with Crippen molar-refractivity contribution in [1.82, 2.24) is 10.2 Å². The standard InChI is InChI=1S/C18H21N3O2S2/c1-10-8-11(2)17(12(3)9-10)21-25(22,23)16-7-6-15(24-16)18-13(4)14(5)19-20-18/h6-9,21H,1-5H3,(H,19,20). The molecule has 0 atom stereocenters. The summed E-state index contributed by atoms with van der Waals surface area (Å²) in [5.74, 6) is 0. The van der Waals surface area contributed by atoms with Crippen LogP contribution in [0.15, 0.2) is 28.5 Å². The largest absolute Gasteiger partial charge is 0.282 e. The van der Waals surface area contributed by atoms with Gasteiger partial charge in [0.2, 0.25) is 0 Å². The van der Waals surface area contributed by atoms with Gasteiger partial charge in [0, 0.05) is 5.69 Å². The van der Waals surface area contributed by atoms with Gasteiger partial charge >= 0.3 is 0 Å². The number of anilines is 1. The second-order valence-electron chi connectivity index (χ2n) is 6.32. The van der Waals surface area contributed by atoms with E-state index in [0.717, 1.165) is 38.5 Å². The minimum Gasteiger partial charge on any atom is -0.282 e. The van der Waals surface area contributed by atoms with E-state index in [0.29, 0.717) is 5.69 Å². The summed E-state index contributed by atoms with van der Waals surface area (Å²) in [4.78, 5) is 0.833. The minimum atomic E-state index is -3.63. The smallest absolute Gasteiger partial charge is 0.271 e. The van der Waals surface area contributed by atoms with Gasteiger partial charge in [-0.2, -0.15) is 5.10 Å². The van der Waals surface area contributed by atoms with Gasteiger partial charge in [-0.05, 0) is 63.4 Å². The molecule has 0 radical (unpaired) electrons. The number of sulfonamides is 1. The minimum absolute atomic E-state index is 0.280. The Hall–Kier alpha value is -2.12. The fraction of sp³-hybridized carbons (Fsp3) is 0.278.